The average Bonchev–Trinajstić information content (AvgIpc) is 2.55. The van der Waals surface area contributed by atoms with Gasteiger partial charge in [0.25, 0.3) is 0 Å². The number of benzene rings is 1. The van der Waals surface area contributed by atoms with Crippen molar-refractivity contribution in [2.75, 3.05) is 0 Å². The largest absolute Gasteiger partial charge is 0.392 e. The molecule has 3 nitrogen and oxygen atoms in total. The molecule has 0 bridgehead atoms. The fourth-order valence-electron chi connectivity index (χ4n) is 2.87. The topological polar surface area (TPSA) is 43.4 Å². The van der Waals surface area contributed by atoms with Gasteiger partial charge in [0.1, 0.15) is 5.41 Å². The molecule has 1 heterocycles. The quantitative estimate of drug-likeness (QED) is 0.490. The number of hydrogen-bond acceptors (Lipinski definition) is 3. The predicted molar refractivity (Wildman–Crippen MR) is 56.8 cm³/mol. The average molecular weight is 216 g/mol. The minimum absolute atomic E-state index is 0.211. The van der Waals surface area contributed by atoms with E-state index in [9.17, 15) is 9.59 Å². The van der Waals surface area contributed by atoms with Crippen molar-refractivity contribution >= 4 is 11.9 Å². The number of fused-ring (bicyclic) bond motifs is 2. The fraction of sp³-hybridized carbons (Fsp3) is 0.385. The Hall–Kier alpha value is -1.64. The highest BCUT2D eigenvalue weighted by atomic mass is 16.6. The van der Waals surface area contributed by atoms with E-state index in [-0.39, 0.29) is 18.4 Å². The molecule has 82 valence electrons. The van der Waals surface area contributed by atoms with E-state index >= 15 is 0 Å². The number of carbonyl (C=O) groups excluding carboxylic acids is 2. The molecule has 16 heavy (non-hydrogen) atoms. The Bertz CT molecular complexity index is 478. The number of esters is 2. The molecular formula is C13H12O3. The number of hydrogen-bond donors (Lipinski definition) is 0. The highest BCUT2D eigenvalue weighted by molar-refractivity contribution is 6.01. The maximum atomic E-state index is 11.9. The van der Waals surface area contributed by atoms with Crippen LogP contribution in [0.1, 0.15) is 30.4 Å². The van der Waals surface area contributed by atoms with E-state index < -0.39 is 5.41 Å². The van der Waals surface area contributed by atoms with Crippen LogP contribution in [-0.2, 0) is 26.2 Å². The Morgan fingerprint density at radius 2 is 2.00 bits per heavy atom. The summed E-state index contributed by atoms with van der Waals surface area (Å²) in [5, 5.41) is 0. The van der Waals surface area contributed by atoms with Crippen LogP contribution in [-0.4, -0.2) is 11.9 Å². The van der Waals surface area contributed by atoms with Crippen LogP contribution < -0.4 is 0 Å². The molecule has 1 aromatic carbocycles. The van der Waals surface area contributed by atoms with E-state index in [1.54, 1.807) is 0 Å². The molecule has 1 aliphatic carbocycles. The van der Waals surface area contributed by atoms with Crippen molar-refractivity contribution in [3.63, 3.8) is 0 Å². The number of ether oxygens (including phenoxy) is 1. The first-order chi connectivity index (χ1) is 7.72. The second kappa shape index (κ2) is 3.17. The van der Waals surface area contributed by atoms with Gasteiger partial charge in [0.05, 0.1) is 6.42 Å². The summed E-state index contributed by atoms with van der Waals surface area (Å²) in [6, 6.07) is 7.88. The van der Waals surface area contributed by atoms with Gasteiger partial charge in [-0.2, -0.15) is 0 Å². The first-order valence-electron chi connectivity index (χ1n) is 5.56. The van der Waals surface area contributed by atoms with E-state index in [1.807, 2.05) is 24.3 Å². The molecule has 2 aliphatic rings. The molecule has 0 saturated carbocycles. The summed E-state index contributed by atoms with van der Waals surface area (Å²) in [7, 11) is 0. The highest BCUT2D eigenvalue weighted by Crippen LogP contribution is 2.44. The Kier molecular flexibility index (Phi) is 1.90. The lowest BCUT2D eigenvalue weighted by molar-refractivity contribution is -0.153. The minimum Gasteiger partial charge on any atom is -0.392 e. The van der Waals surface area contributed by atoms with Gasteiger partial charge in [-0.3, -0.25) is 9.59 Å². The Balaban J connectivity index is 2.17. The second-order valence-corrected chi connectivity index (χ2v) is 4.53. The van der Waals surface area contributed by atoms with E-state index in [0.29, 0.717) is 0 Å². The molecule has 3 rings (SSSR count). The molecule has 1 unspecified atom stereocenters. The van der Waals surface area contributed by atoms with Crippen LogP contribution in [0.15, 0.2) is 24.3 Å². The summed E-state index contributed by atoms with van der Waals surface area (Å²) in [6.45, 7) is 0. The van der Waals surface area contributed by atoms with Gasteiger partial charge < -0.3 is 4.74 Å². The van der Waals surface area contributed by atoms with Gasteiger partial charge in [0.15, 0.2) is 0 Å². The monoisotopic (exact) mass is 216 g/mol. The number of aryl methyl sites for hydroxylation is 1. The van der Waals surface area contributed by atoms with E-state index in [1.165, 1.54) is 5.56 Å². The summed E-state index contributed by atoms with van der Waals surface area (Å²) >= 11 is 0. The highest BCUT2D eigenvalue weighted by Gasteiger charge is 2.52. The van der Waals surface area contributed by atoms with Gasteiger partial charge in [-0.05, 0) is 30.4 Å². The molecule has 1 aromatic rings. The van der Waals surface area contributed by atoms with Gasteiger partial charge in [0.2, 0.25) is 0 Å². The van der Waals surface area contributed by atoms with Crippen LogP contribution in [0, 0.1) is 0 Å². The SMILES string of the molecule is O=C1CC2(CCCc3ccccc32)C(=O)O1. The number of carbonyl (C=O) groups is 2. The fourth-order valence-corrected chi connectivity index (χ4v) is 2.87. The molecule has 0 amide bonds. The van der Waals surface area contributed by atoms with Gasteiger partial charge in [0, 0.05) is 0 Å². The third-order valence-electron chi connectivity index (χ3n) is 3.63. The zero-order valence-corrected chi connectivity index (χ0v) is 8.86. The maximum Gasteiger partial charge on any atom is 0.324 e. The summed E-state index contributed by atoms with van der Waals surface area (Å²) in [5.41, 5.74) is 1.50. The van der Waals surface area contributed by atoms with Gasteiger partial charge in [-0.25, -0.2) is 0 Å². The smallest absolute Gasteiger partial charge is 0.324 e. The van der Waals surface area contributed by atoms with Crippen LogP contribution in [0.25, 0.3) is 0 Å². The predicted octanol–water partition coefficient (Wildman–Crippen LogP) is 1.73. The summed E-state index contributed by atoms with van der Waals surface area (Å²) in [5.74, 6) is -0.744. The molecule has 0 radical (unpaired) electrons. The van der Waals surface area contributed by atoms with Crippen LogP contribution >= 0.6 is 0 Å². The summed E-state index contributed by atoms with van der Waals surface area (Å²) in [6.07, 6.45) is 2.87. The minimum atomic E-state index is -0.675. The molecule has 0 aromatic heterocycles. The van der Waals surface area contributed by atoms with Crippen LogP contribution in [0.5, 0.6) is 0 Å². The molecule has 3 heteroatoms. The zero-order chi connectivity index (χ0) is 11.2. The lowest BCUT2D eigenvalue weighted by Gasteiger charge is -2.31. The van der Waals surface area contributed by atoms with Crippen LogP contribution in [0.3, 0.4) is 0 Å². The zero-order valence-electron chi connectivity index (χ0n) is 8.86. The lowest BCUT2D eigenvalue weighted by atomic mass is 9.69. The van der Waals surface area contributed by atoms with Gasteiger partial charge in [-0.1, -0.05) is 24.3 Å². The number of cyclic esters (lactones) is 2. The standard InChI is InChI=1S/C13H12O3/c14-11-8-13(12(15)16-11)7-3-5-9-4-1-2-6-10(9)13/h1-2,4,6H,3,5,7-8H2. The van der Waals surface area contributed by atoms with Crippen molar-refractivity contribution in [3.05, 3.63) is 35.4 Å². The Labute approximate surface area is 93.4 Å². The second-order valence-electron chi connectivity index (χ2n) is 4.53. The molecule has 1 fully saturated rings. The molecule has 1 saturated heterocycles. The van der Waals surface area contributed by atoms with Crippen LogP contribution in [0.2, 0.25) is 0 Å². The first-order valence-corrected chi connectivity index (χ1v) is 5.56. The van der Waals surface area contributed by atoms with Crippen molar-refractivity contribution < 1.29 is 14.3 Å². The first kappa shape index (κ1) is 9.58. The molecule has 1 atom stereocenters. The van der Waals surface area contributed by atoms with Crippen molar-refractivity contribution in [3.8, 4) is 0 Å². The van der Waals surface area contributed by atoms with Gasteiger partial charge >= 0.3 is 11.9 Å². The van der Waals surface area contributed by atoms with E-state index in [0.717, 1.165) is 24.8 Å². The number of rotatable bonds is 0. The van der Waals surface area contributed by atoms with E-state index in [2.05, 4.69) is 0 Å². The summed E-state index contributed by atoms with van der Waals surface area (Å²) in [4.78, 5) is 23.2. The van der Waals surface area contributed by atoms with Gasteiger partial charge in [-0.15, -0.1) is 0 Å². The van der Waals surface area contributed by atoms with Crippen molar-refractivity contribution in [2.45, 2.75) is 31.1 Å². The maximum absolute atomic E-state index is 11.9. The summed E-state index contributed by atoms with van der Waals surface area (Å²) < 4.78 is 4.73. The Morgan fingerprint density at radius 1 is 1.19 bits per heavy atom. The lowest BCUT2D eigenvalue weighted by Crippen LogP contribution is -2.35. The van der Waals surface area contributed by atoms with E-state index in [4.69, 9.17) is 4.74 Å². The third kappa shape index (κ3) is 1.14. The van der Waals surface area contributed by atoms with Crippen molar-refractivity contribution in [1.29, 1.82) is 0 Å². The molecule has 1 spiro atoms. The van der Waals surface area contributed by atoms with Crippen molar-refractivity contribution in [2.24, 2.45) is 0 Å². The third-order valence-corrected chi connectivity index (χ3v) is 3.63. The Morgan fingerprint density at radius 3 is 2.75 bits per heavy atom. The van der Waals surface area contributed by atoms with Crippen molar-refractivity contribution in [1.82, 2.24) is 0 Å². The normalized spacial score (nSPS) is 28.0. The van der Waals surface area contributed by atoms with Crippen LogP contribution in [0.4, 0.5) is 0 Å². The molecule has 1 aliphatic heterocycles. The molecule has 0 N–H and O–H groups in total. The molecular weight excluding hydrogens is 204 g/mol.